The topological polar surface area (TPSA) is 124 Å². The summed E-state index contributed by atoms with van der Waals surface area (Å²) in [4.78, 5) is 22.1. The summed E-state index contributed by atoms with van der Waals surface area (Å²) in [5.41, 5.74) is 0.759. The number of hydrogen-bond acceptors (Lipinski definition) is 7. The van der Waals surface area contributed by atoms with E-state index < -0.39 is 11.2 Å². The summed E-state index contributed by atoms with van der Waals surface area (Å²) in [6.07, 6.45) is 1.22. The molecule has 0 aromatic heterocycles. The van der Waals surface area contributed by atoms with E-state index in [0.717, 1.165) is 17.3 Å². The van der Waals surface area contributed by atoms with Gasteiger partial charge in [-0.15, -0.1) is 5.10 Å². The molecule has 1 aliphatic rings. The van der Waals surface area contributed by atoms with Gasteiger partial charge in [-0.05, 0) is 29.8 Å². The van der Waals surface area contributed by atoms with Gasteiger partial charge in [0.1, 0.15) is 17.1 Å². The minimum atomic E-state index is -1.04. The fourth-order valence-corrected chi connectivity index (χ4v) is 2.57. The number of thioether (sulfide) groups is 1. The molecule has 1 saturated heterocycles. The van der Waals surface area contributed by atoms with Crippen molar-refractivity contribution in [1.82, 2.24) is 5.32 Å². The molecular formula is C14H12N4O4S. The van der Waals surface area contributed by atoms with Crippen molar-refractivity contribution in [1.29, 1.82) is 5.26 Å². The third-order valence-corrected chi connectivity index (χ3v) is 3.75. The van der Waals surface area contributed by atoms with E-state index >= 15 is 0 Å². The Morgan fingerprint density at radius 2 is 2.22 bits per heavy atom. The molecule has 0 radical (unpaired) electrons. The monoisotopic (exact) mass is 332 g/mol. The van der Waals surface area contributed by atoms with Crippen molar-refractivity contribution < 1.29 is 19.4 Å². The number of carboxylic acids is 1. The highest BCUT2D eigenvalue weighted by Crippen LogP contribution is 2.22. The van der Waals surface area contributed by atoms with E-state index in [-0.39, 0.29) is 24.1 Å². The number of nitrogens with one attached hydrogen (secondary N) is 1. The van der Waals surface area contributed by atoms with Crippen LogP contribution in [-0.2, 0) is 9.59 Å². The van der Waals surface area contributed by atoms with Crippen molar-refractivity contribution in [2.75, 3.05) is 6.61 Å². The van der Waals surface area contributed by atoms with Crippen LogP contribution >= 0.6 is 11.8 Å². The van der Waals surface area contributed by atoms with E-state index in [1.807, 2.05) is 6.07 Å². The van der Waals surface area contributed by atoms with E-state index in [1.54, 1.807) is 24.3 Å². The smallest absolute Gasteiger partial charge is 0.305 e. The normalized spacial score (nSPS) is 18.8. The summed E-state index contributed by atoms with van der Waals surface area (Å²) < 4.78 is 5.12. The maximum Gasteiger partial charge on any atom is 0.305 e. The maximum atomic E-state index is 11.5. The zero-order valence-electron chi connectivity index (χ0n) is 11.8. The fourth-order valence-electron chi connectivity index (χ4n) is 1.66. The molecule has 1 aromatic carbocycles. The number of ether oxygens (including phenoxy) is 1. The SMILES string of the molecule is N#CCOc1ccc(C=NN=C2NC(=O)C(CC(=O)O)S2)cc1. The first-order chi connectivity index (χ1) is 11.1. The van der Waals surface area contributed by atoms with Gasteiger partial charge < -0.3 is 15.2 Å². The van der Waals surface area contributed by atoms with Crippen LogP contribution in [0.2, 0.25) is 0 Å². The molecule has 0 bridgehead atoms. The highest BCUT2D eigenvalue weighted by atomic mass is 32.2. The predicted molar refractivity (Wildman–Crippen MR) is 84.4 cm³/mol. The van der Waals surface area contributed by atoms with Crippen LogP contribution in [0.4, 0.5) is 0 Å². The van der Waals surface area contributed by atoms with Crippen molar-refractivity contribution in [3.8, 4) is 11.8 Å². The Morgan fingerprint density at radius 1 is 1.48 bits per heavy atom. The molecule has 118 valence electrons. The summed E-state index contributed by atoms with van der Waals surface area (Å²) in [5, 5.41) is 26.9. The largest absolute Gasteiger partial charge is 0.481 e. The van der Waals surface area contributed by atoms with Gasteiger partial charge in [0.2, 0.25) is 5.91 Å². The standard InChI is InChI=1S/C14H12N4O4S/c15-5-6-22-10-3-1-9(2-4-10)8-16-18-14-17-13(21)11(23-14)7-12(19)20/h1-4,8,11H,6-7H2,(H,19,20)(H,17,18,21). The van der Waals surface area contributed by atoms with Crippen molar-refractivity contribution in [3.05, 3.63) is 29.8 Å². The molecular weight excluding hydrogens is 320 g/mol. The molecule has 9 heteroatoms. The van der Waals surface area contributed by atoms with Gasteiger partial charge in [-0.1, -0.05) is 11.8 Å². The molecule has 1 aliphatic heterocycles. The molecule has 1 atom stereocenters. The van der Waals surface area contributed by atoms with Gasteiger partial charge in [-0.3, -0.25) is 9.59 Å². The number of amidine groups is 1. The van der Waals surface area contributed by atoms with Gasteiger partial charge in [0.05, 0.1) is 12.6 Å². The lowest BCUT2D eigenvalue weighted by atomic mass is 10.2. The van der Waals surface area contributed by atoms with Crippen molar-refractivity contribution >= 4 is 35.0 Å². The zero-order valence-corrected chi connectivity index (χ0v) is 12.6. The van der Waals surface area contributed by atoms with Crippen LogP contribution in [-0.4, -0.2) is 40.2 Å². The molecule has 1 aromatic rings. The van der Waals surface area contributed by atoms with Crippen LogP contribution in [0, 0.1) is 11.3 Å². The highest BCUT2D eigenvalue weighted by molar-refractivity contribution is 8.15. The first-order valence-electron chi connectivity index (χ1n) is 6.48. The first-order valence-corrected chi connectivity index (χ1v) is 7.36. The minimum absolute atomic E-state index is 0.0183. The second-order valence-corrected chi connectivity index (χ2v) is 5.55. The number of carbonyl (C=O) groups is 2. The van der Waals surface area contributed by atoms with Crippen LogP contribution in [0.25, 0.3) is 0 Å². The number of amides is 1. The van der Waals surface area contributed by atoms with Crippen LogP contribution in [0.3, 0.4) is 0 Å². The Kier molecular flexibility index (Phi) is 5.71. The summed E-state index contributed by atoms with van der Waals surface area (Å²) >= 11 is 1.04. The number of nitrogens with zero attached hydrogens (tertiary/aromatic N) is 3. The number of rotatable bonds is 6. The maximum absolute atomic E-state index is 11.5. The van der Waals surface area contributed by atoms with E-state index in [0.29, 0.717) is 5.75 Å². The molecule has 1 amide bonds. The Morgan fingerprint density at radius 3 is 2.87 bits per heavy atom. The summed E-state index contributed by atoms with van der Waals surface area (Å²) in [6, 6.07) is 8.75. The number of carboxylic acid groups (broad SMARTS) is 1. The lowest BCUT2D eigenvalue weighted by molar-refractivity contribution is -0.138. The second-order valence-electron chi connectivity index (χ2n) is 4.36. The van der Waals surface area contributed by atoms with Crippen LogP contribution < -0.4 is 10.1 Å². The number of aliphatic carboxylic acids is 1. The zero-order chi connectivity index (χ0) is 16.7. The molecule has 23 heavy (non-hydrogen) atoms. The highest BCUT2D eigenvalue weighted by Gasteiger charge is 2.32. The summed E-state index contributed by atoms with van der Waals surface area (Å²) in [5.74, 6) is -0.850. The minimum Gasteiger partial charge on any atom is -0.481 e. The molecule has 0 spiro atoms. The molecule has 1 fully saturated rings. The average molecular weight is 332 g/mol. The van der Waals surface area contributed by atoms with Gasteiger partial charge in [0.15, 0.2) is 11.8 Å². The lowest BCUT2D eigenvalue weighted by Gasteiger charge is -2.00. The number of nitriles is 1. The number of hydrogen-bond donors (Lipinski definition) is 2. The van der Waals surface area contributed by atoms with E-state index in [4.69, 9.17) is 15.1 Å². The van der Waals surface area contributed by atoms with Crippen molar-refractivity contribution in [3.63, 3.8) is 0 Å². The predicted octanol–water partition coefficient (Wildman–Crippen LogP) is 0.985. The second kappa shape index (κ2) is 7.95. The molecule has 2 rings (SSSR count). The molecule has 0 aliphatic carbocycles. The molecule has 0 saturated carbocycles. The van der Waals surface area contributed by atoms with E-state index in [9.17, 15) is 9.59 Å². The van der Waals surface area contributed by atoms with E-state index in [1.165, 1.54) is 6.21 Å². The first kappa shape index (κ1) is 16.5. The van der Waals surface area contributed by atoms with Crippen molar-refractivity contribution in [2.24, 2.45) is 10.2 Å². The molecule has 2 N–H and O–H groups in total. The van der Waals surface area contributed by atoms with Crippen molar-refractivity contribution in [2.45, 2.75) is 11.7 Å². The van der Waals surface area contributed by atoms with E-state index in [2.05, 4.69) is 15.5 Å². The average Bonchev–Trinajstić information content (AvgIpc) is 2.86. The number of carbonyl (C=O) groups excluding carboxylic acids is 1. The third-order valence-electron chi connectivity index (χ3n) is 2.68. The summed E-state index contributed by atoms with van der Waals surface area (Å²) in [7, 11) is 0. The van der Waals surface area contributed by atoms with Crippen LogP contribution in [0.15, 0.2) is 34.5 Å². The van der Waals surface area contributed by atoms with Gasteiger partial charge in [0, 0.05) is 0 Å². The van der Waals surface area contributed by atoms with Gasteiger partial charge in [-0.2, -0.15) is 10.4 Å². The Labute approximate surface area is 135 Å². The Bertz CT molecular complexity index is 694. The van der Waals surface area contributed by atoms with Crippen LogP contribution in [0.5, 0.6) is 5.75 Å². The molecule has 8 nitrogen and oxygen atoms in total. The Hall–Kier alpha value is -2.86. The molecule has 1 heterocycles. The Balaban J connectivity index is 1.92. The van der Waals surface area contributed by atoms with Gasteiger partial charge in [-0.25, -0.2) is 0 Å². The van der Waals surface area contributed by atoms with Gasteiger partial charge in [0.25, 0.3) is 0 Å². The lowest BCUT2D eigenvalue weighted by Crippen LogP contribution is -2.26. The van der Waals surface area contributed by atoms with Gasteiger partial charge >= 0.3 is 5.97 Å². The fraction of sp³-hybridized carbons (Fsp3) is 0.214. The number of benzene rings is 1. The van der Waals surface area contributed by atoms with Crippen LogP contribution in [0.1, 0.15) is 12.0 Å². The molecule has 1 unspecified atom stereocenters. The summed E-state index contributed by atoms with van der Waals surface area (Å²) in [6.45, 7) is -0.0183. The third kappa shape index (κ3) is 5.12. The quantitative estimate of drug-likeness (QED) is 0.591.